The third-order valence-electron chi connectivity index (χ3n) is 3.17. The first-order chi connectivity index (χ1) is 8.92. The van der Waals surface area contributed by atoms with Gasteiger partial charge in [-0.2, -0.15) is 0 Å². The Bertz CT molecular complexity index is 791. The Labute approximate surface area is 113 Å². The number of hydrogen-bond acceptors (Lipinski definition) is 2. The number of fused-ring (bicyclic) bond motifs is 1. The third-order valence-corrected chi connectivity index (χ3v) is 5.29. The van der Waals surface area contributed by atoms with Crippen molar-refractivity contribution < 1.29 is 0 Å². The second-order valence-corrected chi connectivity index (χ2v) is 6.29. The van der Waals surface area contributed by atoms with Crippen LogP contribution in [-0.4, -0.2) is 0 Å². The highest BCUT2D eigenvalue weighted by atomic mass is 32.1. The molecule has 1 aliphatic carbocycles. The summed E-state index contributed by atoms with van der Waals surface area (Å²) in [5, 5.41) is 4.89. The fourth-order valence-electron chi connectivity index (χ4n) is 2.25. The van der Waals surface area contributed by atoms with Gasteiger partial charge >= 0.3 is 0 Å². The topological polar surface area (TPSA) is 0 Å². The molecule has 2 heteroatoms. The Morgan fingerprint density at radius 2 is 1.67 bits per heavy atom. The summed E-state index contributed by atoms with van der Waals surface area (Å²) in [5.41, 5.74) is 1.47. The van der Waals surface area contributed by atoms with E-state index in [1.807, 2.05) is 11.3 Å². The van der Waals surface area contributed by atoms with Gasteiger partial charge in [0.15, 0.2) is 0 Å². The highest BCUT2D eigenvalue weighted by molar-refractivity contribution is 7.27. The van der Waals surface area contributed by atoms with Crippen molar-refractivity contribution in [2.75, 3.05) is 0 Å². The Balaban J connectivity index is 0.0000000980. The van der Waals surface area contributed by atoms with Crippen molar-refractivity contribution in [2.24, 2.45) is 0 Å². The van der Waals surface area contributed by atoms with E-state index in [1.165, 1.54) is 30.6 Å². The lowest BCUT2D eigenvalue weighted by Crippen LogP contribution is -1.71. The molecule has 2 aromatic heterocycles. The average molecular weight is 266 g/mol. The van der Waals surface area contributed by atoms with Crippen LogP contribution >= 0.6 is 22.7 Å². The lowest BCUT2D eigenvalue weighted by Gasteiger charge is -2.01. The first-order valence-electron chi connectivity index (χ1n) is 5.87. The molecule has 2 aromatic carbocycles. The summed E-state index contributed by atoms with van der Waals surface area (Å²) in [5.74, 6) is 0. The van der Waals surface area contributed by atoms with Crippen LogP contribution in [0.2, 0.25) is 0 Å². The molecule has 2 aliphatic rings. The zero-order valence-corrected chi connectivity index (χ0v) is 11.2. The normalized spacial score (nSPS) is 11.3. The van der Waals surface area contributed by atoms with Crippen LogP contribution in [-0.2, 0) is 0 Å². The summed E-state index contributed by atoms with van der Waals surface area (Å²) in [4.78, 5) is 1.46. The van der Waals surface area contributed by atoms with E-state index in [9.17, 15) is 0 Å². The number of benzene rings is 2. The van der Waals surface area contributed by atoms with Gasteiger partial charge in [0.1, 0.15) is 0 Å². The lowest BCUT2D eigenvalue weighted by molar-refractivity contribution is 1.86. The maximum atomic E-state index is 2.26. The van der Waals surface area contributed by atoms with Gasteiger partial charge in [-0.25, -0.2) is 0 Å². The molecule has 0 spiro atoms. The molecule has 3 heterocycles. The first-order valence-corrected chi connectivity index (χ1v) is 7.56. The minimum atomic E-state index is 1.35. The Hall–Kier alpha value is -1.64. The molecular formula is C16H10S2. The van der Waals surface area contributed by atoms with Gasteiger partial charge in [-0.3, -0.25) is 0 Å². The van der Waals surface area contributed by atoms with Crippen LogP contribution in [0.15, 0.2) is 60.0 Å². The van der Waals surface area contributed by atoms with Gasteiger partial charge in [-0.15, -0.1) is 22.7 Å². The van der Waals surface area contributed by atoms with Crippen LogP contribution < -0.4 is 0 Å². The van der Waals surface area contributed by atoms with Crippen LogP contribution in [0.1, 0.15) is 0 Å². The fraction of sp³-hybridized carbons (Fsp3) is 0. The van der Waals surface area contributed by atoms with E-state index in [-0.39, 0.29) is 0 Å². The summed E-state index contributed by atoms with van der Waals surface area (Å²) in [7, 11) is 0. The van der Waals surface area contributed by atoms with E-state index in [0.29, 0.717) is 0 Å². The van der Waals surface area contributed by atoms with Crippen molar-refractivity contribution in [1.82, 2.24) is 0 Å². The van der Waals surface area contributed by atoms with E-state index in [2.05, 4.69) is 60.0 Å². The van der Waals surface area contributed by atoms with Gasteiger partial charge in [0, 0.05) is 19.8 Å². The average Bonchev–Trinajstić information content (AvgIpc) is 3.06. The minimum Gasteiger partial charge on any atom is -0.144 e. The van der Waals surface area contributed by atoms with E-state index in [1.54, 1.807) is 11.3 Å². The molecule has 0 saturated heterocycles. The molecule has 6 rings (SSSR count). The molecule has 0 saturated carbocycles. The molecule has 0 N–H and O–H groups in total. The molecule has 18 heavy (non-hydrogen) atoms. The van der Waals surface area contributed by atoms with Crippen LogP contribution in [0.5, 0.6) is 0 Å². The van der Waals surface area contributed by atoms with Crippen molar-refractivity contribution in [3.05, 3.63) is 60.0 Å². The van der Waals surface area contributed by atoms with Crippen molar-refractivity contribution in [3.8, 4) is 10.4 Å². The van der Waals surface area contributed by atoms with Crippen molar-refractivity contribution >= 4 is 42.8 Å². The van der Waals surface area contributed by atoms with E-state index in [0.717, 1.165) is 0 Å². The summed E-state index contributed by atoms with van der Waals surface area (Å²) in [6.45, 7) is 0. The van der Waals surface area contributed by atoms with E-state index in [4.69, 9.17) is 0 Å². The van der Waals surface area contributed by atoms with Crippen molar-refractivity contribution in [3.63, 3.8) is 0 Å². The fourth-order valence-corrected chi connectivity index (χ4v) is 4.11. The predicted molar refractivity (Wildman–Crippen MR) is 82.6 cm³/mol. The maximum Gasteiger partial charge on any atom is 0.0435 e. The van der Waals surface area contributed by atoms with Gasteiger partial charge in [0.05, 0.1) is 0 Å². The van der Waals surface area contributed by atoms with E-state index < -0.39 is 0 Å². The molecule has 0 atom stereocenters. The molecular weight excluding hydrogens is 256 g/mol. The van der Waals surface area contributed by atoms with Crippen molar-refractivity contribution in [1.29, 1.82) is 0 Å². The number of thiophene rings is 2. The summed E-state index contributed by atoms with van der Waals surface area (Å²) in [6, 6.07) is 19.3. The van der Waals surface area contributed by atoms with Crippen LogP contribution in [0.3, 0.4) is 0 Å². The Kier molecular flexibility index (Phi) is 2.25. The zero-order valence-electron chi connectivity index (χ0n) is 9.59. The smallest absolute Gasteiger partial charge is 0.0435 e. The van der Waals surface area contributed by atoms with Gasteiger partial charge in [0.25, 0.3) is 0 Å². The molecule has 0 nitrogen and oxygen atoms in total. The molecule has 0 fully saturated rings. The third kappa shape index (κ3) is 1.50. The molecule has 0 amide bonds. The van der Waals surface area contributed by atoms with Crippen LogP contribution in [0, 0.1) is 0 Å². The predicted octanol–water partition coefficient (Wildman–Crippen LogP) is 5.78. The van der Waals surface area contributed by atoms with E-state index >= 15 is 0 Å². The Morgan fingerprint density at radius 1 is 0.778 bits per heavy atom. The minimum absolute atomic E-state index is 1.35. The van der Waals surface area contributed by atoms with Gasteiger partial charge < -0.3 is 0 Å². The lowest BCUT2D eigenvalue weighted by atomic mass is 10.2. The van der Waals surface area contributed by atoms with Gasteiger partial charge in [0.2, 0.25) is 0 Å². The molecule has 1 aliphatic heterocycles. The number of hydrogen-bond donors (Lipinski definition) is 0. The highest BCUT2D eigenvalue weighted by Crippen LogP contribution is 2.47. The molecule has 4 aromatic rings. The SMILES string of the molecule is c1cc2c3sc-2cc3c1.c1ccc2sccc2c1. The summed E-state index contributed by atoms with van der Waals surface area (Å²) in [6.07, 6.45) is 0. The standard InChI is InChI=1S/C8H4S.C8H6S/c1-2-5-4-7-6(3-1)8(5)9-7;1-2-4-8-7(3-1)5-6-9-8/h1-4H;1-6H. The number of rotatable bonds is 0. The highest BCUT2D eigenvalue weighted by Gasteiger charge is 2.16. The van der Waals surface area contributed by atoms with Crippen molar-refractivity contribution in [2.45, 2.75) is 0 Å². The molecule has 4 bridgehead atoms. The van der Waals surface area contributed by atoms with Gasteiger partial charge in [-0.05, 0) is 34.4 Å². The monoisotopic (exact) mass is 266 g/mol. The molecule has 0 unspecified atom stereocenters. The van der Waals surface area contributed by atoms with Crippen LogP contribution in [0.25, 0.3) is 30.6 Å². The maximum absolute atomic E-state index is 2.26. The summed E-state index contributed by atoms with van der Waals surface area (Å²) < 4.78 is 2.87. The Morgan fingerprint density at radius 3 is 2.50 bits per heavy atom. The zero-order chi connectivity index (χ0) is 11.9. The largest absolute Gasteiger partial charge is 0.144 e. The molecule has 0 radical (unpaired) electrons. The van der Waals surface area contributed by atoms with Crippen LogP contribution in [0.4, 0.5) is 0 Å². The van der Waals surface area contributed by atoms with Gasteiger partial charge in [-0.1, -0.05) is 36.4 Å². The first kappa shape index (κ1) is 10.3. The second-order valence-electron chi connectivity index (χ2n) is 4.29. The molecule has 86 valence electrons. The summed E-state index contributed by atoms with van der Waals surface area (Å²) >= 11 is 3.69. The quantitative estimate of drug-likeness (QED) is 0.333. The second kappa shape index (κ2) is 3.94.